The molecule has 20 heavy (non-hydrogen) atoms. The highest BCUT2D eigenvalue weighted by Gasteiger charge is 2.07. The van der Waals surface area contributed by atoms with Gasteiger partial charge in [-0.05, 0) is 45.0 Å². The Hall–Kier alpha value is -1.79. The predicted molar refractivity (Wildman–Crippen MR) is 83.3 cm³/mol. The molecule has 3 amide bonds. The molecular weight excluding hydrogens is 280 g/mol. The molecule has 7 heteroatoms. The maximum Gasteiger partial charge on any atom is 0.319 e. The van der Waals surface area contributed by atoms with E-state index in [1.54, 1.807) is 31.2 Å². The molecule has 0 heterocycles. The molecule has 0 aromatic heterocycles. The summed E-state index contributed by atoms with van der Waals surface area (Å²) in [5, 5.41) is 8.07. The van der Waals surface area contributed by atoms with Crippen LogP contribution in [0.5, 0.6) is 0 Å². The maximum absolute atomic E-state index is 11.5. The van der Waals surface area contributed by atoms with Crippen molar-refractivity contribution in [2.45, 2.75) is 32.9 Å². The second-order valence-corrected chi connectivity index (χ2v) is 4.61. The number of nitrogens with two attached hydrogens (primary N) is 1. The van der Waals surface area contributed by atoms with Crippen LogP contribution in [0.15, 0.2) is 24.3 Å². The first-order valence-corrected chi connectivity index (χ1v) is 6.12. The zero-order chi connectivity index (χ0) is 14.4. The predicted octanol–water partition coefficient (Wildman–Crippen LogP) is 1.92. The molecule has 0 saturated carbocycles. The summed E-state index contributed by atoms with van der Waals surface area (Å²) in [6.45, 7) is 5.37. The summed E-state index contributed by atoms with van der Waals surface area (Å²) in [4.78, 5) is 22.8. The van der Waals surface area contributed by atoms with Gasteiger partial charge in [-0.3, -0.25) is 4.79 Å². The third-order valence-electron chi connectivity index (χ3n) is 2.24. The lowest BCUT2D eigenvalue weighted by atomic mass is 10.2. The van der Waals surface area contributed by atoms with E-state index in [0.717, 1.165) is 0 Å². The van der Waals surface area contributed by atoms with Gasteiger partial charge in [-0.2, -0.15) is 0 Å². The largest absolute Gasteiger partial charge is 0.336 e. The van der Waals surface area contributed by atoms with Crippen LogP contribution in [0.4, 0.5) is 16.2 Å². The molecule has 5 N–H and O–H groups in total. The van der Waals surface area contributed by atoms with Gasteiger partial charge in [0.25, 0.3) is 0 Å². The highest BCUT2D eigenvalue weighted by atomic mass is 35.5. The summed E-state index contributed by atoms with van der Waals surface area (Å²) in [6.07, 6.45) is 0. The first-order chi connectivity index (χ1) is 8.88. The Balaban J connectivity index is 0.00000361. The molecule has 0 radical (unpaired) electrons. The Bertz CT molecular complexity index is 446. The van der Waals surface area contributed by atoms with E-state index in [4.69, 9.17) is 5.73 Å². The van der Waals surface area contributed by atoms with Gasteiger partial charge in [0.05, 0.1) is 6.04 Å². The van der Waals surface area contributed by atoms with Gasteiger partial charge < -0.3 is 21.7 Å². The molecule has 0 aliphatic carbocycles. The molecule has 0 bridgehead atoms. The number of nitrogens with one attached hydrogen (secondary N) is 3. The first kappa shape index (κ1) is 18.2. The van der Waals surface area contributed by atoms with Crippen molar-refractivity contribution in [1.29, 1.82) is 0 Å². The van der Waals surface area contributed by atoms with Gasteiger partial charge in [0, 0.05) is 17.4 Å². The van der Waals surface area contributed by atoms with Gasteiger partial charge in [-0.15, -0.1) is 12.4 Å². The Morgan fingerprint density at radius 3 is 1.85 bits per heavy atom. The minimum Gasteiger partial charge on any atom is -0.336 e. The van der Waals surface area contributed by atoms with E-state index >= 15 is 0 Å². The lowest BCUT2D eigenvalue weighted by molar-refractivity contribution is -0.117. The number of urea groups is 1. The molecule has 0 unspecified atom stereocenters. The fraction of sp³-hybridized carbons (Fsp3) is 0.385. The molecule has 1 atom stereocenters. The van der Waals surface area contributed by atoms with Crippen molar-refractivity contribution in [3.8, 4) is 0 Å². The number of rotatable bonds is 4. The van der Waals surface area contributed by atoms with Crippen molar-refractivity contribution >= 4 is 35.7 Å². The summed E-state index contributed by atoms with van der Waals surface area (Å²) in [7, 11) is 0. The Labute approximate surface area is 124 Å². The van der Waals surface area contributed by atoms with Crippen LogP contribution in [-0.4, -0.2) is 24.0 Å². The highest BCUT2D eigenvalue weighted by molar-refractivity contribution is 5.95. The van der Waals surface area contributed by atoms with Gasteiger partial charge in [0.2, 0.25) is 5.91 Å². The van der Waals surface area contributed by atoms with E-state index in [0.29, 0.717) is 11.4 Å². The summed E-state index contributed by atoms with van der Waals surface area (Å²) >= 11 is 0. The Kier molecular flexibility index (Phi) is 7.64. The molecule has 0 saturated heterocycles. The minimum atomic E-state index is -0.561. The van der Waals surface area contributed by atoms with E-state index in [-0.39, 0.29) is 30.4 Å². The quantitative estimate of drug-likeness (QED) is 0.684. The fourth-order valence-electron chi connectivity index (χ4n) is 1.32. The van der Waals surface area contributed by atoms with Crippen LogP contribution in [0.2, 0.25) is 0 Å². The molecule has 1 aromatic rings. The van der Waals surface area contributed by atoms with Crippen molar-refractivity contribution < 1.29 is 9.59 Å². The van der Waals surface area contributed by atoms with Gasteiger partial charge >= 0.3 is 6.03 Å². The Morgan fingerprint density at radius 1 is 1.00 bits per heavy atom. The summed E-state index contributed by atoms with van der Waals surface area (Å²) in [6, 6.07) is 6.06. The summed E-state index contributed by atoms with van der Waals surface area (Å²) in [5.74, 6) is -0.252. The minimum absolute atomic E-state index is 0. The monoisotopic (exact) mass is 300 g/mol. The van der Waals surface area contributed by atoms with E-state index in [1.165, 1.54) is 0 Å². The third kappa shape index (κ3) is 6.40. The zero-order valence-electron chi connectivity index (χ0n) is 11.8. The standard InChI is InChI=1S/C13H20N4O2.ClH/c1-8(2)15-13(19)17-11-6-4-10(5-7-11)16-12(18)9(3)14;/h4-9H,14H2,1-3H3,(H,16,18)(H2,15,17,19);1H/t9-;/m1./s1. The van der Waals surface area contributed by atoms with Crippen LogP contribution in [0, 0.1) is 0 Å². The third-order valence-corrected chi connectivity index (χ3v) is 2.24. The molecule has 1 rings (SSSR count). The normalized spacial score (nSPS) is 11.2. The van der Waals surface area contributed by atoms with Crippen LogP contribution in [0.3, 0.4) is 0 Å². The van der Waals surface area contributed by atoms with Crippen LogP contribution < -0.4 is 21.7 Å². The van der Waals surface area contributed by atoms with Crippen molar-refractivity contribution in [2.75, 3.05) is 10.6 Å². The highest BCUT2D eigenvalue weighted by Crippen LogP contribution is 2.13. The number of hydrogen-bond acceptors (Lipinski definition) is 3. The molecule has 0 aliphatic heterocycles. The second-order valence-electron chi connectivity index (χ2n) is 4.61. The van der Waals surface area contributed by atoms with E-state index in [9.17, 15) is 9.59 Å². The number of carbonyl (C=O) groups excluding carboxylic acids is 2. The molecule has 6 nitrogen and oxygen atoms in total. The lowest BCUT2D eigenvalue weighted by Gasteiger charge is -2.11. The van der Waals surface area contributed by atoms with Crippen LogP contribution >= 0.6 is 12.4 Å². The van der Waals surface area contributed by atoms with E-state index in [2.05, 4.69) is 16.0 Å². The number of amides is 3. The second kappa shape index (κ2) is 8.39. The van der Waals surface area contributed by atoms with Crippen molar-refractivity contribution in [3.63, 3.8) is 0 Å². The number of carbonyl (C=O) groups is 2. The fourth-order valence-corrected chi connectivity index (χ4v) is 1.32. The van der Waals surface area contributed by atoms with E-state index in [1.807, 2.05) is 13.8 Å². The van der Waals surface area contributed by atoms with Crippen molar-refractivity contribution in [1.82, 2.24) is 5.32 Å². The lowest BCUT2D eigenvalue weighted by Crippen LogP contribution is -2.34. The van der Waals surface area contributed by atoms with Crippen molar-refractivity contribution in [3.05, 3.63) is 24.3 Å². The number of benzene rings is 1. The van der Waals surface area contributed by atoms with Crippen LogP contribution in [0.25, 0.3) is 0 Å². The SMILES string of the molecule is CC(C)NC(=O)Nc1ccc(NC(=O)[C@@H](C)N)cc1.Cl. The molecule has 0 fully saturated rings. The first-order valence-electron chi connectivity index (χ1n) is 6.12. The van der Waals surface area contributed by atoms with Gasteiger partial charge in [0.15, 0.2) is 0 Å². The maximum atomic E-state index is 11.5. The van der Waals surface area contributed by atoms with Gasteiger partial charge in [0.1, 0.15) is 0 Å². The summed E-state index contributed by atoms with van der Waals surface area (Å²) < 4.78 is 0. The Morgan fingerprint density at radius 2 is 1.45 bits per heavy atom. The molecule has 1 aromatic carbocycles. The zero-order valence-corrected chi connectivity index (χ0v) is 12.6. The molecular formula is C13H21ClN4O2. The topological polar surface area (TPSA) is 96.2 Å². The van der Waals surface area contributed by atoms with Crippen molar-refractivity contribution in [2.24, 2.45) is 5.73 Å². The van der Waals surface area contributed by atoms with Crippen LogP contribution in [0.1, 0.15) is 20.8 Å². The van der Waals surface area contributed by atoms with Gasteiger partial charge in [-0.25, -0.2) is 4.79 Å². The van der Waals surface area contributed by atoms with E-state index < -0.39 is 6.04 Å². The number of halogens is 1. The smallest absolute Gasteiger partial charge is 0.319 e. The number of anilines is 2. The summed E-state index contributed by atoms with van der Waals surface area (Å²) in [5.41, 5.74) is 6.73. The van der Waals surface area contributed by atoms with Gasteiger partial charge in [-0.1, -0.05) is 0 Å². The average Bonchev–Trinajstić information content (AvgIpc) is 2.30. The average molecular weight is 301 g/mol. The molecule has 0 aliphatic rings. The molecule has 0 spiro atoms. The van der Waals surface area contributed by atoms with Crippen LogP contribution in [-0.2, 0) is 4.79 Å². The molecule has 112 valence electrons. The number of hydrogen-bond donors (Lipinski definition) is 4.